The zero-order chi connectivity index (χ0) is 32.7. The first-order valence-electron chi connectivity index (χ1n) is 15.4. The minimum atomic E-state index is -1.11. The van der Waals surface area contributed by atoms with Crippen molar-refractivity contribution in [2.24, 2.45) is 40.2 Å². The van der Waals surface area contributed by atoms with Gasteiger partial charge in [-0.15, -0.1) is 0 Å². The van der Waals surface area contributed by atoms with Gasteiger partial charge in [-0.25, -0.2) is 4.79 Å². The van der Waals surface area contributed by atoms with E-state index in [4.69, 9.17) is 5.73 Å². The number of amides is 5. The highest BCUT2D eigenvalue weighted by atomic mass is 16.2. The van der Waals surface area contributed by atoms with Gasteiger partial charge in [-0.05, 0) is 53.1 Å². The van der Waals surface area contributed by atoms with Crippen molar-refractivity contribution in [2.45, 2.75) is 91.9 Å². The van der Waals surface area contributed by atoms with Crippen LogP contribution in [0.1, 0.15) is 78.1 Å². The Bertz CT molecular complexity index is 1320. The van der Waals surface area contributed by atoms with Gasteiger partial charge in [0.2, 0.25) is 17.6 Å². The number of Topliss-reactive ketones (excluding diaryl/α,β-unsaturated/α-hetero) is 2. The normalized spacial score (nSPS) is 24.0. The number of fused-ring (bicyclic) bond motifs is 1. The molecular formula is C32H46N6O6. The molecule has 0 radical (unpaired) electrons. The third-order valence-corrected chi connectivity index (χ3v) is 9.49. The summed E-state index contributed by atoms with van der Waals surface area (Å²) >= 11 is 0. The molecule has 1 aliphatic heterocycles. The smallest absolute Gasteiger partial charge is 0.316 e. The van der Waals surface area contributed by atoms with Crippen LogP contribution in [0.3, 0.4) is 0 Å². The number of aromatic nitrogens is 1. The van der Waals surface area contributed by atoms with Gasteiger partial charge in [0.1, 0.15) is 12.1 Å². The maximum atomic E-state index is 14.2. The van der Waals surface area contributed by atoms with Crippen LogP contribution in [0.2, 0.25) is 0 Å². The summed E-state index contributed by atoms with van der Waals surface area (Å²) in [5.41, 5.74) is 4.74. The number of ketones is 2. The van der Waals surface area contributed by atoms with Gasteiger partial charge in [-0.3, -0.25) is 29.0 Å². The van der Waals surface area contributed by atoms with Crippen molar-refractivity contribution in [3.05, 3.63) is 30.1 Å². The van der Waals surface area contributed by atoms with E-state index in [9.17, 15) is 28.8 Å². The first-order chi connectivity index (χ1) is 20.4. The lowest BCUT2D eigenvalue weighted by molar-refractivity contribution is -0.145. The largest absolute Gasteiger partial charge is 0.363 e. The lowest BCUT2D eigenvalue weighted by Crippen LogP contribution is -2.62. The Labute approximate surface area is 258 Å². The van der Waals surface area contributed by atoms with Crippen molar-refractivity contribution in [2.75, 3.05) is 6.54 Å². The van der Waals surface area contributed by atoms with Gasteiger partial charge in [0, 0.05) is 24.5 Å². The molecule has 2 unspecified atom stereocenters. The topological polar surface area (TPSA) is 181 Å². The fourth-order valence-corrected chi connectivity index (χ4v) is 6.52. The second-order valence-corrected chi connectivity index (χ2v) is 14.6. The number of rotatable bonds is 12. The molecule has 12 nitrogen and oxygen atoms in total. The molecule has 4 rings (SSSR count). The van der Waals surface area contributed by atoms with Crippen molar-refractivity contribution in [3.8, 4) is 0 Å². The van der Waals surface area contributed by atoms with Gasteiger partial charge in [0.25, 0.3) is 5.91 Å². The van der Waals surface area contributed by atoms with Crippen LogP contribution in [0.4, 0.5) is 4.79 Å². The molecule has 1 aromatic heterocycles. The quantitative estimate of drug-likeness (QED) is 0.206. The number of nitrogens with one attached hydrogen (secondary N) is 3. The number of primary amides is 1. The van der Waals surface area contributed by atoms with Crippen LogP contribution in [0.15, 0.2) is 24.5 Å². The Kier molecular flexibility index (Phi) is 9.23. The number of pyridine rings is 1. The molecule has 240 valence electrons. The molecule has 0 aromatic carbocycles. The van der Waals surface area contributed by atoms with E-state index in [1.54, 1.807) is 12.1 Å². The van der Waals surface area contributed by atoms with Crippen molar-refractivity contribution >= 4 is 35.3 Å². The van der Waals surface area contributed by atoms with Crippen LogP contribution in [-0.2, 0) is 19.2 Å². The highest BCUT2D eigenvalue weighted by Gasteiger charge is 2.70. The molecule has 12 heteroatoms. The Hall–Kier alpha value is -3.83. The van der Waals surface area contributed by atoms with Crippen LogP contribution in [0.25, 0.3) is 0 Å². The van der Waals surface area contributed by atoms with Crippen molar-refractivity contribution in [1.29, 1.82) is 0 Å². The lowest BCUT2D eigenvalue weighted by Gasteiger charge is -2.38. The predicted molar refractivity (Wildman–Crippen MR) is 162 cm³/mol. The van der Waals surface area contributed by atoms with Crippen molar-refractivity contribution in [3.63, 3.8) is 0 Å². The average Bonchev–Trinajstić information content (AvgIpc) is 3.80. The minimum absolute atomic E-state index is 0.0636. The highest BCUT2D eigenvalue weighted by molar-refractivity contribution is 6.37. The third kappa shape index (κ3) is 6.94. The molecule has 6 atom stereocenters. The number of nitrogens with two attached hydrogens (primary N) is 1. The Balaban J connectivity index is 1.53. The summed E-state index contributed by atoms with van der Waals surface area (Å²) in [6.45, 7) is 13.5. The molecule has 2 saturated carbocycles. The average molecular weight is 611 g/mol. The zero-order valence-electron chi connectivity index (χ0n) is 26.7. The van der Waals surface area contributed by atoms with Gasteiger partial charge in [0.15, 0.2) is 5.78 Å². The Morgan fingerprint density at radius 3 is 2.16 bits per heavy atom. The summed E-state index contributed by atoms with van der Waals surface area (Å²) in [5.74, 6) is -3.25. The van der Waals surface area contributed by atoms with Gasteiger partial charge in [-0.1, -0.05) is 61.3 Å². The lowest BCUT2D eigenvalue weighted by atomic mass is 9.85. The third-order valence-electron chi connectivity index (χ3n) is 9.49. The molecule has 1 saturated heterocycles. The van der Waals surface area contributed by atoms with E-state index in [1.807, 2.05) is 48.5 Å². The van der Waals surface area contributed by atoms with E-state index in [2.05, 4.69) is 20.9 Å². The minimum Gasteiger partial charge on any atom is -0.363 e. The van der Waals surface area contributed by atoms with E-state index in [-0.39, 0.29) is 34.9 Å². The number of urea groups is 1. The maximum absolute atomic E-state index is 14.2. The molecule has 1 aromatic rings. The molecule has 3 aliphatic rings. The van der Waals surface area contributed by atoms with Crippen LogP contribution in [-0.4, -0.2) is 75.9 Å². The van der Waals surface area contributed by atoms with Gasteiger partial charge in [-0.2, -0.15) is 0 Å². The van der Waals surface area contributed by atoms with Crippen LogP contribution in [0.5, 0.6) is 0 Å². The van der Waals surface area contributed by atoms with Gasteiger partial charge in [0.05, 0.1) is 12.1 Å². The van der Waals surface area contributed by atoms with E-state index in [1.165, 1.54) is 17.3 Å². The number of likely N-dealkylation sites (tertiary alicyclic amines) is 1. The molecule has 3 fully saturated rings. The van der Waals surface area contributed by atoms with E-state index in [0.29, 0.717) is 18.5 Å². The van der Waals surface area contributed by atoms with Crippen molar-refractivity contribution in [1.82, 2.24) is 25.8 Å². The number of carbonyl (C=O) groups is 6. The first kappa shape index (κ1) is 33.1. The summed E-state index contributed by atoms with van der Waals surface area (Å²) in [5, 5.41) is 8.29. The molecule has 2 aliphatic carbocycles. The standard InChI is InChI=1S/C32H46N6O6/c1-16(2)22(24(39)18-10-12-34-13-11-18)36-30(44)37-26(31(3,4)5)29(43)38-15-19-21(32(19,6)7)23(38)28(42)35-20(14-17-8-9-17)25(40)27(33)41/h10-13,16-17,19-23,26H,8-9,14-15H2,1-7H3,(H2,33,41)(H,35,42)(H2,36,37,44)/t19?,20?,21-,22-,23-,26+/m0/s1. The number of piperidine rings is 1. The summed E-state index contributed by atoms with van der Waals surface area (Å²) in [4.78, 5) is 84.2. The fraction of sp³-hybridized carbons (Fsp3) is 0.656. The molecule has 5 N–H and O–H groups in total. The second kappa shape index (κ2) is 12.3. The Morgan fingerprint density at radius 1 is 1.02 bits per heavy atom. The monoisotopic (exact) mass is 610 g/mol. The van der Waals surface area contributed by atoms with Gasteiger partial charge < -0.3 is 26.6 Å². The van der Waals surface area contributed by atoms with Crippen LogP contribution >= 0.6 is 0 Å². The summed E-state index contributed by atoms with van der Waals surface area (Å²) in [7, 11) is 0. The van der Waals surface area contributed by atoms with E-state index < -0.39 is 59.1 Å². The Morgan fingerprint density at radius 2 is 1.64 bits per heavy atom. The van der Waals surface area contributed by atoms with Crippen LogP contribution < -0.4 is 21.7 Å². The fourth-order valence-electron chi connectivity index (χ4n) is 6.52. The number of carbonyl (C=O) groups excluding carboxylic acids is 6. The number of nitrogens with zero attached hydrogens (tertiary/aromatic N) is 2. The molecule has 44 heavy (non-hydrogen) atoms. The van der Waals surface area contributed by atoms with Crippen molar-refractivity contribution < 1.29 is 28.8 Å². The second-order valence-electron chi connectivity index (χ2n) is 14.6. The number of hydrogen-bond donors (Lipinski definition) is 4. The maximum Gasteiger partial charge on any atom is 0.316 e. The van der Waals surface area contributed by atoms with Gasteiger partial charge >= 0.3 is 6.03 Å². The molecule has 0 bridgehead atoms. The molecule has 5 amide bonds. The SMILES string of the molecule is CC(C)[C@H](NC(=O)N[C@H](C(=O)N1CC2[C@@H]([C@H]1C(=O)NC(CC1CC1)C(=O)C(N)=O)C2(C)C)C(C)(C)C)C(=O)c1ccncc1. The summed E-state index contributed by atoms with van der Waals surface area (Å²) in [6.07, 6.45) is 5.16. The highest BCUT2D eigenvalue weighted by Crippen LogP contribution is 2.65. The summed E-state index contributed by atoms with van der Waals surface area (Å²) < 4.78 is 0. The summed E-state index contributed by atoms with van der Waals surface area (Å²) in [6, 6.07) is -1.32. The zero-order valence-corrected chi connectivity index (χ0v) is 26.7. The molecule has 2 heterocycles. The number of hydrogen-bond acceptors (Lipinski definition) is 7. The predicted octanol–water partition coefficient (Wildman–Crippen LogP) is 1.83. The van der Waals surface area contributed by atoms with E-state index >= 15 is 0 Å². The van der Waals surface area contributed by atoms with E-state index in [0.717, 1.165) is 12.8 Å². The molecule has 0 spiro atoms. The first-order valence-corrected chi connectivity index (χ1v) is 15.4. The molecular weight excluding hydrogens is 564 g/mol. The van der Waals surface area contributed by atoms with Crippen LogP contribution in [0, 0.1) is 34.5 Å².